The molecule has 0 saturated heterocycles. The lowest BCUT2D eigenvalue weighted by Gasteiger charge is -1.98. The maximum absolute atomic E-state index is 10.9. The monoisotopic (exact) mass is 215 g/mol. The van der Waals surface area contributed by atoms with Crippen LogP contribution in [0.4, 0.5) is 0 Å². The Hall–Kier alpha value is -0.870. The Bertz CT molecular complexity index is 275. The number of carbonyl (C=O) groups is 1. The molecule has 0 atom stereocenters. The molecule has 1 aromatic carbocycles. The number of halogens is 1. The molecular formula is C7H6BrNO2. The van der Waals surface area contributed by atoms with Gasteiger partial charge < -0.3 is 4.84 Å². The van der Waals surface area contributed by atoms with Crippen LogP contribution in [0.5, 0.6) is 0 Å². The molecule has 0 radical (unpaired) electrons. The third-order valence-corrected chi connectivity index (χ3v) is 1.89. The van der Waals surface area contributed by atoms with Crippen LogP contribution in [0.1, 0.15) is 10.4 Å². The van der Waals surface area contributed by atoms with E-state index in [1.54, 1.807) is 24.3 Å². The number of rotatable bonds is 1. The first-order valence-corrected chi connectivity index (χ1v) is 3.70. The minimum atomic E-state index is -0.544. The maximum atomic E-state index is 10.9. The molecule has 58 valence electrons. The summed E-state index contributed by atoms with van der Waals surface area (Å²) in [5.74, 6) is 4.16. The lowest BCUT2D eigenvalue weighted by molar-refractivity contribution is 0.0502. The zero-order valence-corrected chi connectivity index (χ0v) is 7.17. The van der Waals surface area contributed by atoms with Gasteiger partial charge in [-0.3, -0.25) is 0 Å². The Balaban J connectivity index is 3.03. The van der Waals surface area contributed by atoms with Crippen molar-refractivity contribution in [2.45, 2.75) is 0 Å². The molecule has 0 fully saturated rings. The van der Waals surface area contributed by atoms with E-state index in [0.29, 0.717) is 10.0 Å². The van der Waals surface area contributed by atoms with Crippen LogP contribution >= 0.6 is 15.9 Å². The highest BCUT2D eigenvalue weighted by molar-refractivity contribution is 9.10. The van der Waals surface area contributed by atoms with Crippen LogP contribution in [0.2, 0.25) is 0 Å². The van der Waals surface area contributed by atoms with E-state index in [-0.39, 0.29) is 0 Å². The van der Waals surface area contributed by atoms with Crippen molar-refractivity contribution in [1.29, 1.82) is 0 Å². The van der Waals surface area contributed by atoms with Gasteiger partial charge in [-0.2, -0.15) is 5.90 Å². The molecule has 0 amide bonds. The Morgan fingerprint density at radius 1 is 1.45 bits per heavy atom. The van der Waals surface area contributed by atoms with Gasteiger partial charge in [-0.15, -0.1) is 0 Å². The van der Waals surface area contributed by atoms with Crippen LogP contribution in [-0.2, 0) is 4.84 Å². The van der Waals surface area contributed by atoms with Crippen molar-refractivity contribution in [1.82, 2.24) is 0 Å². The number of carbonyl (C=O) groups excluding carboxylic acids is 1. The number of hydrogen-bond acceptors (Lipinski definition) is 3. The minimum Gasteiger partial charge on any atom is -0.370 e. The summed E-state index contributed by atoms with van der Waals surface area (Å²) in [5, 5.41) is 0. The van der Waals surface area contributed by atoms with Gasteiger partial charge in [0.25, 0.3) is 0 Å². The van der Waals surface area contributed by atoms with Gasteiger partial charge in [-0.1, -0.05) is 12.1 Å². The SMILES string of the molecule is NOC(=O)c1ccccc1Br. The highest BCUT2D eigenvalue weighted by atomic mass is 79.9. The fourth-order valence-corrected chi connectivity index (χ4v) is 1.14. The second kappa shape index (κ2) is 3.50. The van der Waals surface area contributed by atoms with Crippen molar-refractivity contribution >= 4 is 21.9 Å². The standard InChI is InChI=1S/C7H6BrNO2/c8-6-4-2-1-3-5(6)7(10)11-9/h1-4H,9H2. The Morgan fingerprint density at radius 2 is 2.09 bits per heavy atom. The molecule has 1 rings (SSSR count). The Morgan fingerprint density at radius 3 is 2.64 bits per heavy atom. The van der Waals surface area contributed by atoms with E-state index < -0.39 is 5.97 Å². The predicted octanol–water partition coefficient (Wildman–Crippen LogP) is 1.48. The quantitative estimate of drug-likeness (QED) is 0.723. The van der Waals surface area contributed by atoms with Crippen molar-refractivity contribution in [2.24, 2.45) is 5.90 Å². The molecule has 0 aliphatic heterocycles. The van der Waals surface area contributed by atoms with E-state index >= 15 is 0 Å². The molecule has 0 heterocycles. The summed E-state index contributed by atoms with van der Waals surface area (Å²) in [4.78, 5) is 14.9. The van der Waals surface area contributed by atoms with Crippen LogP contribution in [0.3, 0.4) is 0 Å². The van der Waals surface area contributed by atoms with Gasteiger partial charge in [0.2, 0.25) is 0 Å². The van der Waals surface area contributed by atoms with E-state index in [1.807, 2.05) is 0 Å². The highest BCUT2D eigenvalue weighted by Gasteiger charge is 2.08. The molecule has 4 heteroatoms. The molecule has 1 aromatic rings. The zero-order chi connectivity index (χ0) is 8.27. The van der Waals surface area contributed by atoms with Crippen molar-refractivity contribution < 1.29 is 9.63 Å². The van der Waals surface area contributed by atoms with Crippen LogP contribution in [0.15, 0.2) is 28.7 Å². The summed E-state index contributed by atoms with van der Waals surface area (Å²) in [6.45, 7) is 0. The molecular weight excluding hydrogens is 210 g/mol. The first kappa shape index (κ1) is 8.23. The molecule has 0 bridgehead atoms. The van der Waals surface area contributed by atoms with E-state index in [0.717, 1.165) is 0 Å². The van der Waals surface area contributed by atoms with Crippen molar-refractivity contribution in [3.63, 3.8) is 0 Å². The molecule has 3 nitrogen and oxygen atoms in total. The molecule has 11 heavy (non-hydrogen) atoms. The number of nitrogens with two attached hydrogens (primary N) is 1. The lowest BCUT2D eigenvalue weighted by Crippen LogP contribution is -2.10. The van der Waals surface area contributed by atoms with E-state index in [2.05, 4.69) is 20.8 Å². The second-order valence-electron chi connectivity index (χ2n) is 1.89. The summed E-state index contributed by atoms with van der Waals surface area (Å²) < 4.78 is 0.676. The predicted molar refractivity (Wildman–Crippen MR) is 43.7 cm³/mol. The van der Waals surface area contributed by atoms with Gasteiger partial charge >= 0.3 is 5.97 Å². The van der Waals surface area contributed by atoms with Crippen molar-refractivity contribution in [2.75, 3.05) is 0 Å². The fourth-order valence-electron chi connectivity index (χ4n) is 0.690. The smallest absolute Gasteiger partial charge is 0.357 e. The fraction of sp³-hybridized carbons (Fsp3) is 0. The molecule has 0 aliphatic rings. The number of benzene rings is 1. The van der Waals surface area contributed by atoms with Crippen LogP contribution in [-0.4, -0.2) is 5.97 Å². The molecule has 0 saturated carbocycles. The normalized spacial score (nSPS) is 9.27. The third-order valence-electron chi connectivity index (χ3n) is 1.20. The second-order valence-corrected chi connectivity index (χ2v) is 2.74. The Kier molecular flexibility index (Phi) is 2.62. The van der Waals surface area contributed by atoms with Gasteiger partial charge in [-0.25, -0.2) is 4.79 Å². The van der Waals surface area contributed by atoms with Crippen molar-refractivity contribution in [3.05, 3.63) is 34.3 Å². The van der Waals surface area contributed by atoms with Gasteiger partial charge in [0, 0.05) is 4.47 Å². The van der Waals surface area contributed by atoms with Crippen LogP contribution in [0, 0.1) is 0 Å². The first-order valence-electron chi connectivity index (χ1n) is 2.91. The van der Waals surface area contributed by atoms with Crippen LogP contribution in [0.25, 0.3) is 0 Å². The molecule has 0 aromatic heterocycles. The van der Waals surface area contributed by atoms with E-state index in [4.69, 9.17) is 5.90 Å². The van der Waals surface area contributed by atoms with Gasteiger partial charge in [0.05, 0.1) is 5.56 Å². The molecule has 0 spiro atoms. The molecule has 0 unspecified atom stereocenters. The summed E-state index contributed by atoms with van der Waals surface area (Å²) in [7, 11) is 0. The zero-order valence-electron chi connectivity index (χ0n) is 5.58. The summed E-state index contributed by atoms with van der Waals surface area (Å²) >= 11 is 3.18. The minimum absolute atomic E-state index is 0.426. The highest BCUT2D eigenvalue weighted by Crippen LogP contribution is 2.15. The van der Waals surface area contributed by atoms with Gasteiger partial charge in [-0.05, 0) is 28.1 Å². The van der Waals surface area contributed by atoms with E-state index in [1.165, 1.54) is 0 Å². The molecule has 0 aliphatic carbocycles. The van der Waals surface area contributed by atoms with Gasteiger partial charge in [0.15, 0.2) is 0 Å². The topological polar surface area (TPSA) is 52.3 Å². The van der Waals surface area contributed by atoms with E-state index in [9.17, 15) is 4.79 Å². The molecule has 2 N–H and O–H groups in total. The summed E-state index contributed by atoms with van der Waals surface area (Å²) in [6.07, 6.45) is 0. The summed E-state index contributed by atoms with van der Waals surface area (Å²) in [5.41, 5.74) is 0.426. The summed E-state index contributed by atoms with van der Waals surface area (Å²) in [6, 6.07) is 6.90. The largest absolute Gasteiger partial charge is 0.370 e. The van der Waals surface area contributed by atoms with Crippen molar-refractivity contribution in [3.8, 4) is 0 Å². The average Bonchev–Trinajstić information content (AvgIpc) is 2.04. The van der Waals surface area contributed by atoms with Gasteiger partial charge in [0.1, 0.15) is 0 Å². The number of hydrogen-bond donors (Lipinski definition) is 1. The maximum Gasteiger partial charge on any atom is 0.357 e. The first-order chi connectivity index (χ1) is 5.25. The van der Waals surface area contributed by atoms with Crippen LogP contribution < -0.4 is 5.90 Å². The average molecular weight is 216 g/mol. The Labute approximate surface area is 72.2 Å². The third kappa shape index (κ3) is 1.78. The lowest BCUT2D eigenvalue weighted by atomic mass is 10.2.